The summed E-state index contributed by atoms with van der Waals surface area (Å²) in [5, 5.41) is 3.34. The Morgan fingerprint density at radius 3 is 2.90 bits per heavy atom. The maximum Gasteiger partial charge on any atom is 0.162 e. The van der Waals surface area contributed by atoms with Crippen LogP contribution in [0.5, 0.6) is 0 Å². The lowest BCUT2D eigenvalue weighted by Gasteiger charge is -2.19. The lowest BCUT2D eigenvalue weighted by Crippen LogP contribution is -2.17. The van der Waals surface area contributed by atoms with Gasteiger partial charge in [0, 0.05) is 33.8 Å². The molecule has 3 rings (SSSR count). The molecule has 1 aliphatic heterocycles. The molecule has 0 aromatic carbocycles. The van der Waals surface area contributed by atoms with Gasteiger partial charge in [0.25, 0.3) is 0 Å². The number of nitrogens with one attached hydrogen (secondary N) is 1. The molecule has 5 heteroatoms. The fourth-order valence-electron chi connectivity index (χ4n) is 2.52. The predicted octanol–water partition coefficient (Wildman–Crippen LogP) is 3.33. The summed E-state index contributed by atoms with van der Waals surface area (Å²) in [6, 6.07) is 2.18. The molecule has 3 heterocycles. The fourth-order valence-corrected chi connectivity index (χ4v) is 3.44. The van der Waals surface area contributed by atoms with Gasteiger partial charge in [-0.05, 0) is 26.8 Å². The minimum absolute atomic E-state index is 0.611. The Balaban J connectivity index is 2.12. The Bertz CT molecular complexity index is 636. The van der Waals surface area contributed by atoms with E-state index in [-0.39, 0.29) is 0 Å². The van der Waals surface area contributed by atoms with Crippen LogP contribution >= 0.6 is 11.3 Å². The van der Waals surface area contributed by atoms with Gasteiger partial charge >= 0.3 is 0 Å². The first kappa shape index (κ1) is 13.5. The van der Waals surface area contributed by atoms with Crippen LogP contribution in [-0.2, 0) is 17.8 Å². The summed E-state index contributed by atoms with van der Waals surface area (Å²) in [6.07, 6.45) is 0.866. The van der Waals surface area contributed by atoms with Crippen molar-refractivity contribution < 1.29 is 4.74 Å². The van der Waals surface area contributed by atoms with Gasteiger partial charge in [0.2, 0.25) is 0 Å². The van der Waals surface area contributed by atoms with Crippen LogP contribution in [0.4, 0.5) is 5.82 Å². The molecule has 20 heavy (non-hydrogen) atoms. The highest BCUT2D eigenvalue weighted by Crippen LogP contribution is 2.31. The molecular formula is C15H19N3OS. The van der Waals surface area contributed by atoms with E-state index >= 15 is 0 Å². The molecule has 1 aliphatic rings. The zero-order valence-corrected chi connectivity index (χ0v) is 12.9. The summed E-state index contributed by atoms with van der Waals surface area (Å²) >= 11 is 1.80. The molecule has 2 aromatic heterocycles. The first-order valence-electron chi connectivity index (χ1n) is 6.98. The molecule has 2 aromatic rings. The predicted molar refractivity (Wildman–Crippen MR) is 82.3 cm³/mol. The van der Waals surface area contributed by atoms with E-state index in [0.29, 0.717) is 6.61 Å². The van der Waals surface area contributed by atoms with Crippen molar-refractivity contribution in [2.45, 2.75) is 33.8 Å². The van der Waals surface area contributed by atoms with E-state index < -0.39 is 0 Å². The minimum Gasteiger partial charge on any atom is -0.376 e. The van der Waals surface area contributed by atoms with Crippen LogP contribution in [0.1, 0.15) is 27.9 Å². The Morgan fingerprint density at radius 2 is 2.20 bits per heavy atom. The summed E-state index contributed by atoms with van der Waals surface area (Å²) in [5.41, 5.74) is 3.40. The zero-order valence-electron chi connectivity index (χ0n) is 12.1. The average Bonchev–Trinajstić information content (AvgIpc) is 2.78. The largest absolute Gasteiger partial charge is 0.376 e. The maximum atomic E-state index is 5.54. The monoisotopic (exact) mass is 289 g/mol. The summed E-state index contributed by atoms with van der Waals surface area (Å²) < 4.78 is 5.54. The lowest BCUT2D eigenvalue weighted by atomic mass is 10.1. The van der Waals surface area contributed by atoms with Gasteiger partial charge in [0.05, 0.1) is 18.9 Å². The summed E-state index contributed by atoms with van der Waals surface area (Å²) in [4.78, 5) is 12.1. The molecule has 0 saturated heterocycles. The van der Waals surface area contributed by atoms with E-state index in [9.17, 15) is 0 Å². The highest BCUT2D eigenvalue weighted by molar-refractivity contribution is 7.12. The number of fused-ring (bicyclic) bond motifs is 1. The van der Waals surface area contributed by atoms with Crippen molar-refractivity contribution >= 4 is 17.2 Å². The molecule has 106 valence electrons. The van der Waals surface area contributed by atoms with Gasteiger partial charge in [-0.2, -0.15) is 0 Å². The van der Waals surface area contributed by atoms with Crippen LogP contribution in [0, 0.1) is 13.8 Å². The van der Waals surface area contributed by atoms with E-state index in [1.807, 2.05) is 0 Å². The number of thiophene rings is 1. The van der Waals surface area contributed by atoms with Crippen molar-refractivity contribution in [1.29, 1.82) is 0 Å². The molecule has 0 bridgehead atoms. The SMILES string of the molecule is CCNc1nc(-c2cc(C)sc2C)nc2c1COCC2. The van der Waals surface area contributed by atoms with E-state index in [0.717, 1.165) is 48.0 Å². The van der Waals surface area contributed by atoms with Crippen LogP contribution < -0.4 is 5.32 Å². The van der Waals surface area contributed by atoms with E-state index in [4.69, 9.17) is 14.7 Å². The van der Waals surface area contributed by atoms with Crippen LogP contribution in [0.2, 0.25) is 0 Å². The molecule has 0 spiro atoms. The van der Waals surface area contributed by atoms with Gasteiger partial charge in [0.1, 0.15) is 5.82 Å². The lowest BCUT2D eigenvalue weighted by molar-refractivity contribution is 0.109. The normalized spacial score (nSPS) is 14.2. The van der Waals surface area contributed by atoms with E-state index in [1.54, 1.807) is 11.3 Å². The zero-order chi connectivity index (χ0) is 14.1. The fraction of sp³-hybridized carbons (Fsp3) is 0.467. The van der Waals surface area contributed by atoms with Crippen molar-refractivity contribution in [3.63, 3.8) is 0 Å². The number of hydrogen-bond donors (Lipinski definition) is 1. The van der Waals surface area contributed by atoms with Gasteiger partial charge in [-0.15, -0.1) is 11.3 Å². The molecule has 0 unspecified atom stereocenters. The first-order chi connectivity index (χ1) is 9.69. The van der Waals surface area contributed by atoms with Crippen LogP contribution in [-0.4, -0.2) is 23.1 Å². The maximum absolute atomic E-state index is 5.54. The third kappa shape index (κ3) is 2.43. The summed E-state index contributed by atoms with van der Waals surface area (Å²) in [7, 11) is 0. The van der Waals surface area contributed by atoms with Gasteiger partial charge in [-0.1, -0.05) is 0 Å². The number of rotatable bonds is 3. The van der Waals surface area contributed by atoms with Gasteiger partial charge in [0.15, 0.2) is 5.82 Å². The molecule has 0 radical (unpaired) electrons. The van der Waals surface area contributed by atoms with Crippen molar-refractivity contribution in [2.75, 3.05) is 18.5 Å². The molecule has 0 aliphatic carbocycles. The average molecular weight is 289 g/mol. The quantitative estimate of drug-likeness (QED) is 0.941. The van der Waals surface area contributed by atoms with Crippen LogP contribution in [0.3, 0.4) is 0 Å². The summed E-state index contributed by atoms with van der Waals surface area (Å²) in [6.45, 7) is 8.54. The molecule has 0 atom stereocenters. The van der Waals surface area contributed by atoms with Gasteiger partial charge in [-0.3, -0.25) is 0 Å². The highest BCUT2D eigenvalue weighted by Gasteiger charge is 2.19. The van der Waals surface area contributed by atoms with E-state index in [1.165, 1.54) is 9.75 Å². The third-order valence-corrected chi connectivity index (χ3v) is 4.41. The van der Waals surface area contributed by atoms with Crippen molar-refractivity contribution in [2.24, 2.45) is 0 Å². The smallest absolute Gasteiger partial charge is 0.162 e. The van der Waals surface area contributed by atoms with Crippen molar-refractivity contribution in [3.8, 4) is 11.4 Å². The molecule has 0 fully saturated rings. The standard InChI is InChI=1S/C15H19N3OS/c1-4-16-14-12-8-19-6-5-13(12)17-15(18-14)11-7-9(2)20-10(11)3/h7H,4-6,8H2,1-3H3,(H,16,17,18). The summed E-state index contributed by atoms with van der Waals surface area (Å²) in [5.74, 6) is 1.76. The van der Waals surface area contributed by atoms with Crippen LogP contribution in [0.15, 0.2) is 6.07 Å². The molecular weight excluding hydrogens is 270 g/mol. The van der Waals surface area contributed by atoms with Gasteiger partial charge in [-0.25, -0.2) is 9.97 Å². The Kier molecular flexibility index (Phi) is 3.72. The topological polar surface area (TPSA) is 47.0 Å². The Hall–Kier alpha value is -1.46. The Morgan fingerprint density at radius 1 is 1.35 bits per heavy atom. The number of aromatic nitrogens is 2. The van der Waals surface area contributed by atoms with Gasteiger partial charge < -0.3 is 10.1 Å². The van der Waals surface area contributed by atoms with Crippen molar-refractivity contribution in [3.05, 3.63) is 27.1 Å². The number of anilines is 1. The highest BCUT2D eigenvalue weighted by atomic mass is 32.1. The second kappa shape index (κ2) is 5.50. The second-order valence-electron chi connectivity index (χ2n) is 4.98. The molecule has 4 nitrogen and oxygen atoms in total. The van der Waals surface area contributed by atoms with E-state index in [2.05, 4.69) is 32.2 Å². The molecule has 0 amide bonds. The third-order valence-electron chi connectivity index (χ3n) is 3.45. The number of ether oxygens (including phenoxy) is 1. The number of aryl methyl sites for hydroxylation is 2. The molecule has 1 N–H and O–H groups in total. The Labute approximate surface area is 123 Å². The van der Waals surface area contributed by atoms with Crippen LogP contribution in [0.25, 0.3) is 11.4 Å². The second-order valence-corrected chi connectivity index (χ2v) is 6.44. The molecule has 0 saturated carbocycles. The number of hydrogen-bond acceptors (Lipinski definition) is 5. The minimum atomic E-state index is 0.611. The van der Waals surface area contributed by atoms with Crippen molar-refractivity contribution in [1.82, 2.24) is 9.97 Å². The first-order valence-corrected chi connectivity index (χ1v) is 7.79. The number of nitrogens with zero attached hydrogens (tertiary/aromatic N) is 2.